The maximum absolute atomic E-state index is 11.2. The largest absolute Gasteiger partial charge is 0.295 e. The molecule has 0 aliphatic carbocycles. The van der Waals surface area contributed by atoms with Crippen LogP contribution in [-0.4, -0.2) is 10.8 Å². The molecule has 0 saturated carbocycles. The van der Waals surface area contributed by atoms with Crippen molar-refractivity contribution in [2.75, 3.05) is 0 Å². The minimum atomic E-state index is 0.111. The molecule has 0 spiro atoms. The molecule has 0 aliphatic heterocycles. The fourth-order valence-electron chi connectivity index (χ4n) is 1.69. The van der Waals surface area contributed by atoms with Crippen LogP contribution >= 0.6 is 23.1 Å². The number of hydrogen-bond acceptors (Lipinski definition) is 4. The molecule has 4 heteroatoms. The Balaban J connectivity index is 1.92. The molecule has 0 N–H and O–H groups in total. The minimum absolute atomic E-state index is 0.111. The summed E-state index contributed by atoms with van der Waals surface area (Å²) in [5, 5.41) is 3.37. The summed E-state index contributed by atoms with van der Waals surface area (Å²) >= 11 is 3.50. The maximum atomic E-state index is 11.2. The summed E-state index contributed by atoms with van der Waals surface area (Å²) in [7, 11) is 0. The highest BCUT2D eigenvalue weighted by atomic mass is 32.2. The molecular weight excluding hydrogens is 274 g/mol. The first-order valence-electron chi connectivity index (χ1n) is 6.36. The zero-order valence-corrected chi connectivity index (χ0v) is 12.8. The molecule has 1 heterocycles. The fourth-order valence-corrected chi connectivity index (χ4v) is 3.48. The average molecular weight is 291 g/mol. The van der Waals surface area contributed by atoms with Gasteiger partial charge in [-0.25, -0.2) is 4.98 Å². The third-order valence-corrected chi connectivity index (χ3v) is 4.71. The first kappa shape index (κ1) is 14.3. The Morgan fingerprint density at radius 3 is 2.68 bits per heavy atom. The van der Waals surface area contributed by atoms with Gasteiger partial charge in [-0.15, -0.1) is 23.1 Å². The SMILES string of the molecule is CCCc1nc(CSc2ccc(C(C)=O)cc2)cs1. The number of carbonyl (C=O) groups is 1. The van der Waals surface area contributed by atoms with E-state index in [-0.39, 0.29) is 5.78 Å². The maximum Gasteiger partial charge on any atom is 0.159 e. The summed E-state index contributed by atoms with van der Waals surface area (Å²) < 4.78 is 0. The number of benzene rings is 1. The number of hydrogen-bond donors (Lipinski definition) is 0. The van der Waals surface area contributed by atoms with E-state index in [0.717, 1.165) is 29.9 Å². The van der Waals surface area contributed by atoms with Gasteiger partial charge in [0.15, 0.2) is 5.78 Å². The van der Waals surface area contributed by atoms with Gasteiger partial charge < -0.3 is 0 Å². The van der Waals surface area contributed by atoms with Crippen LogP contribution in [0.3, 0.4) is 0 Å². The lowest BCUT2D eigenvalue weighted by Crippen LogP contribution is -1.90. The molecule has 2 nitrogen and oxygen atoms in total. The van der Waals surface area contributed by atoms with Crippen molar-refractivity contribution in [2.45, 2.75) is 37.3 Å². The molecule has 0 atom stereocenters. The standard InChI is InChI=1S/C15H17NOS2/c1-3-4-15-16-13(10-19-15)9-18-14-7-5-12(6-8-14)11(2)17/h5-8,10H,3-4,9H2,1-2H3. The van der Waals surface area contributed by atoms with Gasteiger partial charge in [-0.2, -0.15) is 0 Å². The number of thiazole rings is 1. The van der Waals surface area contributed by atoms with Crippen LogP contribution in [0, 0.1) is 0 Å². The molecule has 1 aromatic carbocycles. The Bertz CT molecular complexity index is 546. The normalized spacial score (nSPS) is 10.6. The molecule has 0 fully saturated rings. The van der Waals surface area contributed by atoms with Crippen LogP contribution in [0.2, 0.25) is 0 Å². The Hall–Kier alpha value is -1.13. The van der Waals surface area contributed by atoms with Gasteiger partial charge in [-0.1, -0.05) is 19.1 Å². The number of rotatable bonds is 6. The van der Waals surface area contributed by atoms with Crippen LogP contribution in [-0.2, 0) is 12.2 Å². The summed E-state index contributed by atoms with van der Waals surface area (Å²) in [6, 6.07) is 7.77. The predicted octanol–water partition coefficient (Wildman–Crippen LogP) is 4.59. The van der Waals surface area contributed by atoms with Gasteiger partial charge in [0.1, 0.15) is 0 Å². The smallest absolute Gasteiger partial charge is 0.159 e. The Labute approximate surface area is 122 Å². The Morgan fingerprint density at radius 1 is 1.32 bits per heavy atom. The van der Waals surface area contributed by atoms with Gasteiger partial charge in [0, 0.05) is 21.6 Å². The number of aromatic nitrogens is 1. The van der Waals surface area contributed by atoms with E-state index < -0.39 is 0 Å². The van der Waals surface area contributed by atoms with Crippen LogP contribution in [0.15, 0.2) is 34.5 Å². The number of nitrogens with zero attached hydrogens (tertiary/aromatic N) is 1. The molecule has 0 aliphatic rings. The Morgan fingerprint density at radius 2 is 2.05 bits per heavy atom. The summed E-state index contributed by atoms with van der Waals surface area (Å²) in [6.45, 7) is 3.76. The number of thioether (sulfide) groups is 1. The molecule has 0 radical (unpaired) electrons. The quantitative estimate of drug-likeness (QED) is 0.576. The highest BCUT2D eigenvalue weighted by Crippen LogP contribution is 2.24. The summed E-state index contributed by atoms with van der Waals surface area (Å²) in [5.41, 5.74) is 1.91. The summed E-state index contributed by atoms with van der Waals surface area (Å²) in [5.74, 6) is 1.000. The minimum Gasteiger partial charge on any atom is -0.295 e. The van der Waals surface area contributed by atoms with Crippen molar-refractivity contribution >= 4 is 28.9 Å². The first-order chi connectivity index (χ1) is 9.19. The van der Waals surface area contributed by atoms with Crippen molar-refractivity contribution in [1.82, 2.24) is 4.98 Å². The van der Waals surface area contributed by atoms with Crippen LogP contribution < -0.4 is 0 Å². The van der Waals surface area contributed by atoms with Crippen molar-refractivity contribution in [1.29, 1.82) is 0 Å². The van der Waals surface area contributed by atoms with Crippen molar-refractivity contribution in [2.24, 2.45) is 0 Å². The molecular formula is C15H17NOS2. The summed E-state index contributed by atoms with van der Waals surface area (Å²) in [6.07, 6.45) is 2.22. The van der Waals surface area contributed by atoms with E-state index in [1.165, 1.54) is 9.90 Å². The highest BCUT2D eigenvalue weighted by molar-refractivity contribution is 7.98. The van der Waals surface area contributed by atoms with Crippen molar-refractivity contribution in [3.63, 3.8) is 0 Å². The number of carbonyl (C=O) groups excluding carboxylic acids is 1. The molecule has 0 saturated heterocycles. The second kappa shape index (κ2) is 6.87. The van der Waals surface area contributed by atoms with E-state index in [4.69, 9.17) is 0 Å². The van der Waals surface area contributed by atoms with E-state index >= 15 is 0 Å². The predicted molar refractivity (Wildman–Crippen MR) is 82.1 cm³/mol. The molecule has 0 unspecified atom stereocenters. The van der Waals surface area contributed by atoms with Crippen molar-refractivity contribution in [3.05, 3.63) is 45.9 Å². The first-order valence-corrected chi connectivity index (χ1v) is 8.22. The van der Waals surface area contributed by atoms with Crippen molar-refractivity contribution < 1.29 is 4.79 Å². The van der Waals surface area contributed by atoms with Gasteiger partial charge in [0.05, 0.1) is 10.7 Å². The van der Waals surface area contributed by atoms with E-state index in [0.29, 0.717) is 0 Å². The number of ketones is 1. The van der Waals surface area contributed by atoms with Gasteiger partial charge in [0.25, 0.3) is 0 Å². The monoisotopic (exact) mass is 291 g/mol. The van der Waals surface area contributed by atoms with Gasteiger partial charge in [-0.05, 0) is 31.9 Å². The van der Waals surface area contributed by atoms with E-state index in [1.807, 2.05) is 24.3 Å². The van der Waals surface area contributed by atoms with E-state index in [2.05, 4.69) is 17.3 Å². The fraction of sp³-hybridized carbons (Fsp3) is 0.333. The zero-order valence-electron chi connectivity index (χ0n) is 11.2. The van der Waals surface area contributed by atoms with Gasteiger partial charge >= 0.3 is 0 Å². The lowest BCUT2D eigenvalue weighted by molar-refractivity contribution is 0.101. The molecule has 0 amide bonds. The summed E-state index contributed by atoms with van der Waals surface area (Å²) in [4.78, 5) is 17.0. The lowest BCUT2D eigenvalue weighted by atomic mass is 10.2. The topological polar surface area (TPSA) is 30.0 Å². The van der Waals surface area contributed by atoms with Crippen molar-refractivity contribution in [3.8, 4) is 0 Å². The van der Waals surface area contributed by atoms with Gasteiger partial charge in [-0.3, -0.25) is 4.79 Å². The molecule has 19 heavy (non-hydrogen) atoms. The molecule has 2 rings (SSSR count). The van der Waals surface area contributed by atoms with E-state index in [1.54, 1.807) is 30.0 Å². The third-order valence-electron chi connectivity index (χ3n) is 2.71. The van der Waals surface area contributed by atoms with Gasteiger partial charge in [0.2, 0.25) is 0 Å². The third kappa shape index (κ3) is 4.18. The van der Waals surface area contributed by atoms with E-state index in [9.17, 15) is 4.79 Å². The Kier molecular flexibility index (Phi) is 5.16. The second-order valence-corrected chi connectivity index (χ2v) is 6.34. The number of Topliss-reactive ketones (excluding diaryl/α,β-unsaturated/α-hetero) is 1. The lowest BCUT2D eigenvalue weighted by Gasteiger charge is -2.00. The molecule has 100 valence electrons. The molecule has 1 aromatic heterocycles. The zero-order chi connectivity index (χ0) is 13.7. The second-order valence-electron chi connectivity index (χ2n) is 4.35. The molecule has 2 aromatic rings. The van der Waals surface area contributed by atoms with Crippen LogP contribution in [0.1, 0.15) is 41.3 Å². The number of aryl methyl sites for hydroxylation is 1. The van der Waals surface area contributed by atoms with Crippen LogP contribution in [0.4, 0.5) is 0 Å². The van der Waals surface area contributed by atoms with Crippen LogP contribution in [0.25, 0.3) is 0 Å². The highest BCUT2D eigenvalue weighted by Gasteiger charge is 2.03. The average Bonchev–Trinajstić information content (AvgIpc) is 2.85. The molecule has 0 bridgehead atoms. The van der Waals surface area contributed by atoms with Crippen LogP contribution in [0.5, 0.6) is 0 Å².